The highest BCUT2D eigenvalue weighted by molar-refractivity contribution is 4.82. The second-order valence-corrected chi connectivity index (χ2v) is 4.20. The Morgan fingerprint density at radius 2 is 2.36 bits per heavy atom. The third-order valence-electron chi connectivity index (χ3n) is 3.18. The number of piperidine rings is 1. The molecule has 0 aliphatic carbocycles. The summed E-state index contributed by atoms with van der Waals surface area (Å²) in [5.41, 5.74) is 0. The Kier molecular flexibility index (Phi) is 4.85. The lowest BCUT2D eigenvalue weighted by molar-refractivity contribution is -0.228. The summed E-state index contributed by atoms with van der Waals surface area (Å²) in [7, 11) is 1.62. The van der Waals surface area contributed by atoms with Crippen LogP contribution in [-0.4, -0.2) is 31.1 Å². The molecule has 14 heavy (non-hydrogen) atoms. The molecule has 1 fully saturated rings. The fourth-order valence-electron chi connectivity index (χ4n) is 2.14. The van der Waals surface area contributed by atoms with E-state index in [1.54, 1.807) is 7.11 Å². The van der Waals surface area contributed by atoms with Crippen LogP contribution in [0, 0.1) is 5.92 Å². The van der Waals surface area contributed by atoms with Crippen LogP contribution in [-0.2, 0) is 4.74 Å². The lowest BCUT2D eigenvalue weighted by atomic mass is 9.87. The second-order valence-electron chi connectivity index (χ2n) is 4.20. The molecule has 0 radical (unpaired) electrons. The van der Waals surface area contributed by atoms with Gasteiger partial charge in [0.05, 0.1) is 0 Å². The van der Waals surface area contributed by atoms with E-state index < -0.39 is 5.79 Å². The Hall–Kier alpha value is -0.120. The van der Waals surface area contributed by atoms with Crippen LogP contribution in [0.2, 0.25) is 0 Å². The van der Waals surface area contributed by atoms with E-state index in [1.165, 1.54) is 0 Å². The molecule has 84 valence electrons. The number of aliphatic hydroxyl groups is 1. The molecule has 0 saturated carbocycles. The molecule has 0 amide bonds. The van der Waals surface area contributed by atoms with Crippen LogP contribution in [0.3, 0.4) is 0 Å². The van der Waals surface area contributed by atoms with Gasteiger partial charge >= 0.3 is 0 Å². The molecule has 3 heteroatoms. The van der Waals surface area contributed by atoms with Crippen molar-refractivity contribution in [2.45, 2.75) is 44.8 Å². The summed E-state index contributed by atoms with van der Waals surface area (Å²) >= 11 is 0. The minimum Gasteiger partial charge on any atom is -0.365 e. The minimum absolute atomic E-state index is 0.257. The van der Waals surface area contributed by atoms with Crippen LogP contribution in [0.1, 0.15) is 39.0 Å². The van der Waals surface area contributed by atoms with Gasteiger partial charge in [-0.05, 0) is 25.8 Å². The van der Waals surface area contributed by atoms with Gasteiger partial charge in [-0.25, -0.2) is 0 Å². The highest BCUT2D eigenvalue weighted by atomic mass is 16.6. The molecular weight excluding hydrogens is 178 g/mol. The van der Waals surface area contributed by atoms with Crippen LogP contribution >= 0.6 is 0 Å². The van der Waals surface area contributed by atoms with E-state index in [0.29, 0.717) is 0 Å². The van der Waals surface area contributed by atoms with E-state index >= 15 is 0 Å². The van der Waals surface area contributed by atoms with Crippen molar-refractivity contribution >= 4 is 0 Å². The largest absolute Gasteiger partial charge is 0.365 e. The molecule has 1 aliphatic heterocycles. The summed E-state index contributed by atoms with van der Waals surface area (Å²) in [4.78, 5) is 0. The molecule has 1 aliphatic rings. The number of hydrogen-bond donors (Lipinski definition) is 2. The molecule has 0 bridgehead atoms. The van der Waals surface area contributed by atoms with Gasteiger partial charge in [-0.1, -0.05) is 13.3 Å². The maximum Gasteiger partial charge on any atom is 0.169 e. The number of methoxy groups -OCH3 is 1. The van der Waals surface area contributed by atoms with Gasteiger partial charge in [-0.3, -0.25) is 0 Å². The van der Waals surface area contributed by atoms with Crippen LogP contribution in [0.25, 0.3) is 0 Å². The van der Waals surface area contributed by atoms with E-state index in [9.17, 15) is 5.11 Å². The first-order valence-corrected chi connectivity index (χ1v) is 5.71. The van der Waals surface area contributed by atoms with E-state index in [1.807, 2.05) is 0 Å². The zero-order valence-electron chi connectivity index (χ0n) is 9.38. The average molecular weight is 201 g/mol. The quantitative estimate of drug-likeness (QED) is 0.663. The summed E-state index contributed by atoms with van der Waals surface area (Å²) in [6, 6.07) is 0. The molecule has 1 heterocycles. The maximum atomic E-state index is 10.3. The average Bonchev–Trinajstić information content (AvgIpc) is 2.27. The summed E-state index contributed by atoms with van der Waals surface area (Å²) < 4.78 is 5.29. The van der Waals surface area contributed by atoms with Crippen molar-refractivity contribution in [3.05, 3.63) is 0 Å². The van der Waals surface area contributed by atoms with Crippen molar-refractivity contribution in [1.29, 1.82) is 0 Å². The molecule has 0 aromatic rings. The summed E-state index contributed by atoms with van der Waals surface area (Å²) in [5.74, 6) is -0.642. The first-order valence-electron chi connectivity index (χ1n) is 5.71. The van der Waals surface area contributed by atoms with Crippen LogP contribution < -0.4 is 5.32 Å². The topological polar surface area (TPSA) is 41.5 Å². The van der Waals surface area contributed by atoms with Crippen molar-refractivity contribution in [3.8, 4) is 0 Å². The predicted octanol–water partition coefficient (Wildman–Crippen LogP) is 1.51. The Morgan fingerprint density at radius 3 is 2.86 bits per heavy atom. The minimum atomic E-state index is -0.899. The van der Waals surface area contributed by atoms with Gasteiger partial charge < -0.3 is 15.2 Å². The third-order valence-corrected chi connectivity index (χ3v) is 3.18. The Labute approximate surface area is 86.8 Å². The molecule has 0 spiro atoms. The Morgan fingerprint density at radius 1 is 1.57 bits per heavy atom. The summed E-state index contributed by atoms with van der Waals surface area (Å²) in [5, 5.41) is 13.6. The van der Waals surface area contributed by atoms with Gasteiger partial charge in [-0.2, -0.15) is 0 Å². The lowest BCUT2D eigenvalue weighted by Gasteiger charge is -2.37. The van der Waals surface area contributed by atoms with Gasteiger partial charge in [0.25, 0.3) is 0 Å². The Bertz CT molecular complexity index is 157. The molecule has 1 saturated heterocycles. The van der Waals surface area contributed by atoms with Crippen molar-refractivity contribution in [2.24, 2.45) is 5.92 Å². The van der Waals surface area contributed by atoms with E-state index in [4.69, 9.17) is 4.74 Å². The zero-order chi connectivity index (χ0) is 10.4. The van der Waals surface area contributed by atoms with Gasteiger partial charge in [-0.15, -0.1) is 0 Å². The summed E-state index contributed by atoms with van der Waals surface area (Å²) in [6.45, 7) is 4.09. The van der Waals surface area contributed by atoms with Gasteiger partial charge in [0, 0.05) is 26.0 Å². The van der Waals surface area contributed by atoms with Crippen molar-refractivity contribution < 1.29 is 9.84 Å². The van der Waals surface area contributed by atoms with E-state index in [2.05, 4.69) is 12.2 Å². The fraction of sp³-hybridized carbons (Fsp3) is 1.00. The molecule has 0 aromatic carbocycles. The van der Waals surface area contributed by atoms with E-state index in [0.717, 1.165) is 45.2 Å². The first-order chi connectivity index (χ1) is 6.73. The van der Waals surface area contributed by atoms with Crippen LogP contribution in [0.5, 0.6) is 0 Å². The van der Waals surface area contributed by atoms with Crippen molar-refractivity contribution in [3.63, 3.8) is 0 Å². The Balaban J connectivity index is 2.47. The first kappa shape index (κ1) is 12.0. The van der Waals surface area contributed by atoms with Crippen molar-refractivity contribution in [2.75, 3.05) is 20.2 Å². The molecule has 2 atom stereocenters. The third kappa shape index (κ3) is 2.94. The van der Waals surface area contributed by atoms with Crippen LogP contribution in [0.4, 0.5) is 0 Å². The number of rotatable bonds is 5. The number of unbranched alkanes of at least 4 members (excludes halogenated alkanes) is 1. The molecule has 2 unspecified atom stereocenters. The molecular formula is C11H23NO2. The monoisotopic (exact) mass is 201 g/mol. The highest BCUT2D eigenvalue weighted by Gasteiger charge is 2.36. The maximum absolute atomic E-state index is 10.3. The molecule has 2 N–H and O–H groups in total. The highest BCUT2D eigenvalue weighted by Crippen LogP contribution is 2.29. The second kappa shape index (κ2) is 5.69. The molecule has 3 nitrogen and oxygen atoms in total. The number of hydrogen-bond acceptors (Lipinski definition) is 3. The standard InChI is InChI=1S/C11H23NO2/c1-3-4-7-11(13,14-2)10-6-5-8-12-9-10/h10,12-13H,3-9H2,1-2H3. The number of nitrogens with one attached hydrogen (secondary N) is 1. The smallest absolute Gasteiger partial charge is 0.169 e. The van der Waals surface area contributed by atoms with Gasteiger partial charge in [0.2, 0.25) is 0 Å². The van der Waals surface area contributed by atoms with Gasteiger partial charge in [0.1, 0.15) is 0 Å². The molecule has 0 aromatic heterocycles. The van der Waals surface area contributed by atoms with Crippen molar-refractivity contribution in [1.82, 2.24) is 5.32 Å². The van der Waals surface area contributed by atoms with E-state index in [-0.39, 0.29) is 5.92 Å². The SMILES string of the molecule is CCCCC(O)(OC)C1CCCNC1. The number of ether oxygens (including phenoxy) is 1. The normalized spacial score (nSPS) is 27.2. The molecule has 1 rings (SSSR count). The van der Waals surface area contributed by atoms with Crippen LogP contribution in [0.15, 0.2) is 0 Å². The zero-order valence-corrected chi connectivity index (χ0v) is 9.38. The lowest BCUT2D eigenvalue weighted by Crippen LogP contribution is -2.47. The fourth-order valence-corrected chi connectivity index (χ4v) is 2.14. The van der Waals surface area contributed by atoms with Gasteiger partial charge in [0.15, 0.2) is 5.79 Å². The predicted molar refractivity (Wildman–Crippen MR) is 57.1 cm³/mol. The summed E-state index contributed by atoms with van der Waals surface area (Å²) in [6.07, 6.45) is 5.10.